The van der Waals surface area contributed by atoms with Crippen LogP contribution in [0.4, 0.5) is 0 Å². The average Bonchev–Trinajstić information content (AvgIpc) is 2.34. The van der Waals surface area contributed by atoms with Crippen molar-refractivity contribution in [3.8, 4) is 0 Å². The van der Waals surface area contributed by atoms with Crippen molar-refractivity contribution in [3.05, 3.63) is 45.8 Å². The first-order valence-corrected chi connectivity index (χ1v) is 6.00. The minimum Gasteiger partial charge on any atom is -0.316 e. The first-order chi connectivity index (χ1) is 8.72. The van der Waals surface area contributed by atoms with Gasteiger partial charge in [0.2, 0.25) is 0 Å². The number of rotatable bonds is 1. The van der Waals surface area contributed by atoms with Gasteiger partial charge >= 0.3 is 0 Å². The quantitative estimate of drug-likeness (QED) is 0.746. The number of hydrogen-bond acceptors (Lipinski definition) is 2. The van der Waals surface area contributed by atoms with E-state index in [1.165, 1.54) is 0 Å². The summed E-state index contributed by atoms with van der Waals surface area (Å²) in [6.07, 6.45) is 0.00625. The number of halogens is 1. The number of carbonyl (C=O) groups excluding carboxylic acids is 1. The molecule has 1 atom stereocenters. The number of benzene rings is 1. The van der Waals surface area contributed by atoms with Gasteiger partial charge in [-0.1, -0.05) is 40.5 Å². The highest BCUT2D eigenvalue weighted by Crippen LogP contribution is 2.50. The number of carbonyl (C=O) groups is 1. The van der Waals surface area contributed by atoms with E-state index < -0.39 is 16.5 Å². The Morgan fingerprint density at radius 2 is 1.79 bits per heavy atom. The van der Waals surface area contributed by atoms with Gasteiger partial charge in [0.1, 0.15) is 15.7 Å². The maximum Gasteiger partial charge on any atom is 0.171 e. The van der Waals surface area contributed by atoms with Crippen LogP contribution < -0.4 is 5.73 Å². The van der Waals surface area contributed by atoms with Crippen LogP contribution in [-0.2, 0) is 10.3 Å². The van der Waals surface area contributed by atoms with Crippen LogP contribution in [-0.4, -0.2) is 37.2 Å². The summed E-state index contributed by atoms with van der Waals surface area (Å²) in [6.45, 7) is 0. The Hall–Kier alpha value is -0.860. The van der Waals surface area contributed by atoms with Gasteiger partial charge < -0.3 is 5.73 Å². The van der Waals surface area contributed by atoms with Gasteiger partial charge in [-0.05, 0) is 18.1 Å². The Labute approximate surface area is 122 Å². The highest BCUT2D eigenvalue weighted by Gasteiger charge is 2.51. The van der Waals surface area contributed by atoms with Gasteiger partial charge in [0, 0.05) is 5.02 Å². The molecule has 0 fully saturated rings. The van der Waals surface area contributed by atoms with Crippen molar-refractivity contribution in [2.45, 2.75) is 17.2 Å². The van der Waals surface area contributed by atoms with Crippen molar-refractivity contribution in [2.75, 3.05) is 0 Å². The zero-order valence-electron chi connectivity index (χ0n) is 10.2. The number of allylic oxidation sites excluding steroid dienone is 1. The third kappa shape index (κ3) is 2.02. The molecule has 0 saturated carbocycles. The molecule has 19 heavy (non-hydrogen) atoms. The summed E-state index contributed by atoms with van der Waals surface area (Å²) in [5.41, 5.74) is 4.85. The first-order valence-electron chi connectivity index (χ1n) is 5.62. The van der Waals surface area contributed by atoms with E-state index in [1.54, 1.807) is 24.3 Å². The summed E-state index contributed by atoms with van der Waals surface area (Å²) in [7, 11) is 23.4. The molecule has 0 bridgehead atoms. The molecule has 0 spiro atoms. The van der Waals surface area contributed by atoms with Gasteiger partial charge in [-0.15, -0.1) is 5.47 Å². The lowest BCUT2D eigenvalue weighted by molar-refractivity contribution is -0.121. The van der Waals surface area contributed by atoms with Crippen LogP contribution >= 0.6 is 11.6 Å². The third-order valence-corrected chi connectivity index (χ3v) is 3.79. The lowest BCUT2D eigenvalue weighted by atomic mass is 9.37. The first kappa shape index (κ1) is 14.5. The number of hydrogen-bond donors (Lipinski definition) is 1. The smallest absolute Gasteiger partial charge is 0.171 e. The van der Waals surface area contributed by atoms with E-state index >= 15 is 0 Å². The maximum absolute atomic E-state index is 12.4. The molecule has 1 aliphatic carbocycles. The molecule has 1 unspecified atom stereocenters. The summed E-state index contributed by atoms with van der Waals surface area (Å²) < 4.78 is 0. The number of nitrogens with two attached hydrogens (primary N) is 1. The Balaban J connectivity index is 2.71. The second-order valence-corrected chi connectivity index (χ2v) is 5.18. The minimum atomic E-state index is -1.71. The molecule has 86 valence electrons. The molecule has 0 aromatic heterocycles. The molecule has 1 aromatic carbocycles. The summed E-state index contributed by atoms with van der Waals surface area (Å²) in [5.74, 6) is -0.616. The molecule has 1 aliphatic rings. The fourth-order valence-electron chi connectivity index (χ4n) is 2.27. The van der Waals surface area contributed by atoms with E-state index in [0.29, 0.717) is 10.6 Å². The van der Waals surface area contributed by atoms with Crippen LogP contribution in [0.25, 0.3) is 0 Å². The molecule has 7 heteroatoms. The molecular formula is C12H8B4ClNO. The zero-order valence-corrected chi connectivity index (χ0v) is 10.9. The van der Waals surface area contributed by atoms with Crippen LogP contribution in [0.5, 0.6) is 0 Å². The average molecular weight is 261 g/mol. The van der Waals surface area contributed by atoms with E-state index in [4.69, 9.17) is 48.7 Å². The van der Waals surface area contributed by atoms with E-state index in [1.807, 2.05) is 0 Å². The van der Waals surface area contributed by atoms with Gasteiger partial charge in [0.05, 0.1) is 21.2 Å². The topological polar surface area (TPSA) is 43.1 Å². The molecule has 0 saturated heterocycles. The van der Waals surface area contributed by atoms with Crippen molar-refractivity contribution >= 4 is 48.8 Å². The standard InChI is InChI=1S/C12H8B4ClNO/c13-7-5-11(15,16)12(18,10(19)9(7)14)6-3-1-2-4-8(6)17/h1-4H,5,18H2. The second-order valence-electron chi connectivity index (χ2n) is 4.77. The van der Waals surface area contributed by atoms with Gasteiger partial charge in [-0.2, -0.15) is 0 Å². The van der Waals surface area contributed by atoms with E-state index in [-0.39, 0.29) is 17.4 Å². The van der Waals surface area contributed by atoms with Crippen molar-refractivity contribution < 1.29 is 4.79 Å². The molecule has 2 nitrogen and oxygen atoms in total. The summed E-state index contributed by atoms with van der Waals surface area (Å²) in [6, 6.07) is 6.61. The summed E-state index contributed by atoms with van der Waals surface area (Å²) >= 11 is 6.09. The van der Waals surface area contributed by atoms with Crippen LogP contribution in [0.2, 0.25) is 10.2 Å². The number of Topliss-reactive ketones (excluding diaryl/α,β-unsaturated/α-hetero) is 1. The normalized spacial score (nSPS) is 26.5. The Bertz CT molecular complexity index is 587. The fourth-order valence-corrected chi connectivity index (χ4v) is 2.56. The van der Waals surface area contributed by atoms with Crippen molar-refractivity contribution in [1.82, 2.24) is 0 Å². The van der Waals surface area contributed by atoms with E-state index in [2.05, 4.69) is 0 Å². The van der Waals surface area contributed by atoms with Crippen molar-refractivity contribution in [2.24, 2.45) is 5.73 Å². The summed E-state index contributed by atoms with van der Waals surface area (Å²) in [5, 5.41) is -1.27. The SMILES string of the molecule is [B]C1=C([B])C(=O)C(N)(c2ccccc2Cl)C([B])([B])C1. The van der Waals surface area contributed by atoms with Crippen LogP contribution in [0.15, 0.2) is 35.2 Å². The Morgan fingerprint density at radius 1 is 1.21 bits per heavy atom. The van der Waals surface area contributed by atoms with Crippen LogP contribution in [0.1, 0.15) is 12.0 Å². The van der Waals surface area contributed by atoms with Gasteiger partial charge in [-0.3, -0.25) is 4.79 Å². The largest absolute Gasteiger partial charge is 0.316 e. The molecule has 0 heterocycles. The Morgan fingerprint density at radius 3 is 2.37 bits per heavy atom. The van der Waals surface area contributed by atoms with E-state index in [0.717, 1.165) is 0 Å². The molecule has 0 aliphatic heterocycles. The van der Waals surface area contributed by atoms with Gasteiger partial charge in [0.25, 0.3) is 0 Å². The molecule has 8 radical (unpaired) electrons. The fraction of sp³-hybridized carbons (Fsp3) is 0.250. The van der Waals surface area contributed by atoms with Crippen molar-refractivity contribution in [3.63, 3.8) is 0 Å². The van der Waals surface area contributed by atoms with Gasteiger partial charge in [0.15, 0.2) is 5.78 Å². The number of ketones is 1. The molecule has 2 N–H and O–H groups in total. The lowest BCUT2D eigenvalue weighted by Crippen LogP contribution is -2.58. The zero-order chi connectivity index (χ0) is 14.4. The summed E-state index contributed by atoms with van der Waals surface area (Å²) in [4.78, 5) is 12.4. The monoisotopic (exact) mass is 261 g/mol. The lowest BCUT2D eigenvalue weighted by Gasteiger charge is -2.49. The minimum absolute atomic E-state index is 0.00625. The predicted molar refractivity (Wildman–Crippen MR) is 79.7 cm³/mol. The van der Waals surface area contributed by atoms with Crippen molar-refractivity contribution in [1.29, 1.82) is 0 Å². The molecular weight excluding hydrogens is 253 g/mol. The highest BCUT2D eigenvalue weighted by molar-refractivity contribution is 6.51. The van der Waals surface area contributed by atoms with E-state index in [9.17, 15) is 4.79 Å². The van der Waals surface area contributed by atoms with Crippen LogP contribution in [0.3, 0.4) is 0 Å². The highest BCUT2D eigenvalue weighted by atomic mass is 35.5. The molecule has 2 rings (SSSR count). The predicted octanol–water partition coefficient (Wildman–Crippen LogP) is 0.469. The molecule has 0 amide bonds. The van der Waals surface area contributed by atoms with Crippen LogP contribution in [0, 0.1) is 0 Å². The Kier molecular flexibility index (Phi) is 3.53. The molecule has 1 aromatic rings. The second kappa shape index (κ2) is 4.60. The maximum atomic E-state index is 12.4. The van der Waals surface area contributed by atoms with Gasteiger partial charge in [-0.25, -0.2) is 0 Å². The third-order valence-electron chi connectivity index (χ3n) is 3.46.